The number of hydrogen-bond acceptors (Lipinski definition) is 14. The number of nitrogens with zero attached hydrogens (tertiary/aromatic N) is 4. The van der Waals surface area contributed by atoms with E-state index in [0.717, 1.165) is 80.3 Å². The van der Waals surface area contributed by atoms with Crippen LogP contribution in [-0.2, 0) is 32.3 Å². The first-order valence-corrected chi connectivity index (χ1v) is 46.9. The molecule has 0 aliphatic carbocycles. The molecule has 0 saturated heterocycles. The molecule has 17 rings (SSSR count). The zero-order chi connectivity index (χ0) is 100. The molecule has 13 aromatic carbocycles. The summed E-state index contributed by atoms with van der Waals surface area (Å²) in [7, 11) is -1.41. The van der Waals surface area contributed by atoms with Gasteiger partial charge in [0.15, 0.2) is 0 Å². The van der Waals surface area contributed by atoms with Crippen molar-refractivity contribution in [3.63, 3.8) is 0 Å². The van der Waals surface area contributed by atoms with E-state index in [4.69, 9.17) is 89.1 Å². The van der Waals surface area contributed by atoms with Crippen molar-refractivity contribution in [3.8, 4) is 0 Å². The molecule has 32 heteroatoms. The molecule has 0 saturated carbocycles. The van der Waals surface area contributed by atoms with Crippen molar-refractivity contribution in [1.82, 2.24) is 10.6 Å². The number of nitrogens with one attached hydrogen (secondary N) is 4. The van der Waals surface area contributed by atoms with Gasteiger partial charge >= 0.3 is 19.3 Å². The molecular weight excluding hydrogens is 1940 g/mol. The average molecular weight is 2040 g/mol. The molecule has 140 heavy (non-hydrogen) atoms. The second-order valence-electron chi connectivity index (χ2n) is 32.2. The van der Waals surface area contributed by atoms with Gasteiger partial charge in [-0.3, -0.25) is 28.8 Å². The van der Waals surface area contributed by atoms with Crippen LogP contribution in [0.5, 0.6) is 0 Å². The summed E-state index contributed by atoms with van der Waals surface area (Å²) in [4.78, 5) is 103. The van der Waals surface area contributed by atoms with Crippen molar-refractivity contribution in [2.75, 3.05) is 35.6 Å². The Bertz CT molecular complexity index is 6230. The quantitative estimate of drug-likeness (QED) is 0.0242. The lowest BCUT2D eigenvalue weighted by molar-refractivity contribution is -0.117. The number of halogens is 11. The predicted octanol–water partition coefficient (Wildman–Crippen LogP) is 26.2. The van der Waals surface area contributed by atoms with Crippen LogP contribution in [0.15, 0.2) is 328 Å². The molecule has 0 radical (unpaired) electrons. The van der Waals surface area contributed by atoms with Crippen molar-refractivity contribution < 1.29 is 75.4 Å². The molecule has 0 bridgehead atoms. The maximum atomic E-state index is 13.3. The van der Waals surface area contributed by atoms with E-state index >= 15 is 0 Å². The highest BCUT2D eigenvalue weighted by Gasteiger charge is 2.40. The van der Waals surface area contributed by atoms with Gasteiger partial charge in [0.05, 0.1) is 29.5 Å². The van der Waals surface area contributed by atoms with Crippen molar-refractivity contribution in [3.05, 3.63) is 422 Å². The minimum Gasteiger partial charge on any atom is -0.445 e. The minimum absolute atomic E-state index is 0. The zero-order valence-electron chi connectivity index (χ0n) is 76.2. The molecule has 0 unspecified atom stereocenters. The summed E-state index contributed by atoms with van der Waals surface area (Å²) in [5, 5.41) is 31.3. The number of alkyl carbamates (subject to hydrolysis) is 2. The van der Waals surface area contributed by atoms with E-state index in [0.29, 0.717) is 61.7 Å². The minimum atomic E-state index is -1.41. The topological polar surface area (TPSA) is 257 Å². The second-order valence-corrected chi connectivity index (χ2v) is 35.2. The highest BCUT2D eigenvalue weighted by atomic mass is 35.5. The smallest absolute Gasteiger partial charge is 0.445 e. The van der Waals surface area contributed by atoms with Gasteiger partial charge in [-0.15, -0.1) is 23.2 Å². The number of para-hydroxylation sites is 4. The van der Waals surface area contributed by atoms with Crippen LogP contribution < -0.4 is 46.3 Å². The fourth-order valence-electron chi connectivity index (χ4n) is 15.9. The number of alkyl halides is 2. The number of carbonyl (C=O) groups is 8. The van der Waals surface area contributed by atoms with Crippen LogP contribution in [0.1, 0.15) is 174 Å². The molecule has 728 valence electrons. The first-order chi connectivity index (χ1) is 66.7. The van der Waals surface area contributed by atoms with Crippen LogP contribution in [-0.4, -0.2) is 93.0 Å². The summed E-state index contributed by atoms with van der Waals surface area (Å²) >= 11 is 36.8. The summed E-state index contributed by atoms with van der Waals surface area (Å²) < 4.78 is 62.7. The van der Waals surface area contributed by atoms with Gasteiger partial charge in [-0.1, -0.05) is 188 Å². The Balaban J connectivity index is 0.000000192. The number of carbonyl (C=O) groups excluding carboxylic acids is 8. The van der Waals surface area contributed by atoms with Gasteiger partial charge in [-0.2, -0.15) is 0 Å². The second kappa shape index (κ2) is 55.1. The molecule has 4 aliphatic rings. The monoisotopic (exact) mass is 2040 g/mol. The highest BCUT2D eigenvalue weighted by molar-refractivity contribution is 6.67. The summed E-state index contributed by atoms with van der Waals surface area (Å²) in [6.07, 6.45) is 1.81. The Labute approximate surface area is 847 Å². The number of benzene rings is 13. The largest absolute Gasteiger partial charge is 0.488 e. The number of fused-ring (bicyclic) bond motifs is 4. The molecule has 8 atom stereocenters. The third kappa shape index (κ3) is 32.5. The Kier molecular flexibility index (Phi) is 43.5. The van der Waals surface area contributed by atoms with Crippen molar-refractivity contribution in [1.29, 1.82) is 0 Å². The van der Waals surface area contributed by atoms with Crippen molar-refractivity contribution in [2.45, 2.75) is 136 Å². The Hall–Kier alpha value is -13.0. The number of anilines is 6. The summed E-state index contributed by atoms with van der Waals surface area (Å²) in [5.41, 5.74) is 13.0. The Morgan fingerprint density at radius 3 is 1.12 bits per heavy atom. The van der Waals surface area contributed by atoms with Crippen LogP contribution in [0.3, 0.4) is 0 Å². The van der Waals surface area contributed by atoms with Gasteiger partial charge in [0.2, 0.25) is 11.1 Å². The third-order valence-electron chi connectivity index (χ3n) is 22.2. The predicted molar refractivity (Wildman–Crippen MR) is 553 cm³/mol. The molecule has 0 fully saturated rings. The molecule has 13 aromatic rings. The van der Waals surface area contributed by atoms with Crippen LogP contribution in [0.25, 0.3) is 0 Å². The molecule has 0 spiro atoms. The van der Waals surface area contributed by atoms with E-state index in [1.165, 1.54) is 111 Å². The van der Waals surface area contributed by atoms with Crippen LogP contribution in [0.4, 0.5) is 61.3 Å². The lowest BCUT2D eigenvalue weighted by Gasteiger charge is -2.43. The SMILES string of the molecule is C.CC(=O)Cl.CC(=O)N(c1ccc(Cl)cc1)[C@@H]1C[C@H](C)N(C(=O)c2ccc(F)cc2)c2ccccc21.C[C@H]1C[C@@H](NC(=O)OCc2ccccc2)c2ccccc2N1.C[C@H]1C[C@@H](NC(=O)OCc2ccccc2)c2ccccc2N1C(=O)c1ccc(F)cc1.C[C@H]1C[C@@H](Nc2ccc(Cl)cc2)c2ccccc2N1C(=O)c1ccc(F)cc1.ClCCl.O=C(Cl)c1ccc(F)cc1.OB(O)c1ccc(Cl)cc1. The molecule has 4 heterocycles. The average Bonchev–Trinajstić information content (AvgIpc) is 0.574. The molecule has 20 nitrogen and oxygen atoms in total. The highest BCUT2D eigenvalue weighted by Crippen LogP contribution is 2.45. The van der Waals surface area contributed by atoms with Gasteiger partial charge in [0.1, 0.15) is 36.5 Å². The van der Waals surface area contributed by atoms with Gasteiger partial charge in [-0.05, 0) is 297 Å². The maximum Gasteiger partial charge on any atom is 0.488 e. The van der Waals surface area contributed by atoms with Gasteiger partial charge in [-0.25, -0.2) is 27.2 Å². The van der Waals surface area contributed by atoms with Gasteiger partial charge in [0.25, 0.3) is 23.0 Å². The first kappa shape index (κ1) is 111. The summed E-state index contributed by atoms with van der Waals surface area (Å²) in [5.74, 6) is -2.11. The number of rotatable bonds is 15. The Morgan fingerprint density at radius 1 is 0.407 bits per heavy atom. The molecule has 0 aromatic heterocycles. The standard InChI is InChI=1S/C25H22ClFN2O2.C25H23FN2O3.C23H20ClFN2O.C18H20N2O2.C7H4ClFO.C6H6BClO2.C2H3ClO.CH2Cl2.CH4/c1-16-15-24(29(17(2)30)21-13-9-19(26)10-14-21)22-5-3-4-6-23(22)28(16)25(31)18-7-11-20(27)12-8-18;1-17-15-22(27-25(30)31-16-18-7-3-2-4-8-18)21-9-5-6-10-23(21)28(17)24(29)19-11-13-20(26)14-12-19;1-15-14-21(26-19-12-8-17(24)9-13-19)20-4-2-3-5-22(20)27(15)23(28)16-6-10-18(25)11-7-16;1-13-11-17(15-9-5-6-10-16(15)19-13)20-18(21)22-12-14-7-3-2-4-8-14;8-7(10)5-1-3-6(9)4-2-5;8-6-3-1-5(2-4-6)7(9)10;1-2(3)4;2-1-3;/h3-14,16,24H,15H2,1-2H3;2-14,17,22H,15-16H2,1H3,(H,27,30);2-13,15,21,26H,14H2,1H3;2-10,13,17,19H,11-12H2,1H3,(H,20,21);1-4H;1-4,9-10H;1H3;1H2;1H4/t16-,24+;17-,22+;15-,21+;13-,17+;;;;;/m0000...../s1. The third-order valence-corrected chi connectivity index (χ3v) is 23.2. The van der Waals surface area contributed by atoms with Gasteiger partial charge < -0.3 is 60.4 Å². The van der Waals surface area contributed by atoms with E-state index in [-0.39, 0.29) is 127 Å². The van der Waals surface area contributed by atoms with E-state index in [1.54, 1.807) is 51.1 Å². The number of ether oxygens (including phenoxy) is 2. The summed E-state index contributed by atoms with van der Waals surface area (Å²) in [6, 6.07) is 92.7. The fourth-order valence-corrected chi connectivity index (χ4v) is 16.4. The van der Waals surface area contributed by atoms with Crippen LogP contribution in [0, 0.1) is 23.3 Å². The van der Waals surface area contributed by atoms with E-state index in [2.05, 4.69) is 39.8 Å². The van der Waals surface area contributed by atoms with E-state index < -0.39 is 18.5 Å². The normalized spacial score (nSPS) is 16.3. The molecule has 4 aliphatic heterocycles. The summed E-state index contributed by atoms with van der Waals surface area (Å²) in [6.45, 7) is 11.3. The molecule has 6 amide bonds. The lowest BCUT2D eigenvalue weighted by Crippen LogP contribution is -2.47. The lowest BCUT2D eigenvalue weighted by atomic mass is 9.81. The van der Waals surface area contributed by atoms with Gasteiger partial charge in [0, 0.05) is 109 Å². The van der Waals surface area contributed by atoms with E-state index in [9.17, 15) is 55.9 Å². The van der Waals surface area contributed by atoms with Crippen molar-refractivity contribution in [2.24, 2.45) is 0 Å². The zero-order valence-corrected chi connectivity index (χ0v) is 81.5. The number of amides is 6. The number of hydrogen-bond donors (Lipinski definition) is 6. The molecule has 6 N–H and O–H groups in total. The van der Waals surface area contributed by atoms with E-state index in [1.807, 2.05) is 220 Å². The Morgan fingerprint density at radius 2 is 0.729 bits per heavy atom. The van der Waals surface area contributed by atoms with Crippen LogP contribution >= 0.6 is 81.2 Å². The first-order valence-electron chi connectivity index (χ1n) is 44.0. The maximum absolute atomic E-state index is 13.3. The fraction of sp³-hybridized carbons (Fsp3) is 0.204. The van der Waals surface area contributed by atoms with Crippen LogP contribution in [0.2, 0.25) is 15.1 Å². The van der Waals surface area contributed by atoms with Crippen molar-refractivity contribution >= 4 is 174 Å². The molecular formula is C108H104BCl7F4N8O12.